The van der Waals surface area contributed by atoms with Crippen LogP contribution in [0.1, 0.15) is 37.9 Å². The Morgan fingerprint density at radius 2 is 1.90 bits per heavy atom. The number of carboxylic acids is 1. The van der Waals surface area contributed by atoms with E-state index in [4.69, 9.17) is 16.7 Å². The predicted molar refractivity (Wildman–Crippen MR) is 82.8 cm³/mol. The number of hydrogen-bond donors (Lipinski definition) is 1. The number of imidazole rings is 1. The van der Waals surface area contributed by atoms with E-state index in [1.54, 1.807) is 0 Å². The molecule has 0 bridgehead atoms. The molecule has 0 saturated carbocycles. The number of aliphatic carboxylic acids is 1. The molecule has 5 heteroatoms. The Hall–Kier alpha value is -1.81. The molecule has 0 aliphatic heterocycles. The molecule has 1 N–H and O–H groups in total. The smallest absolute Gasteiger partial charge is 0.309 e. The molecule has 112 valence electrons. The number of rotatable bonds is 4. The summed E-state index contributed by atoms with van der Waals surface area (Å²) in [4.78, 5) is 15.5. The molecule has 21 heavy (non-hydrogen) atoms. The summed E-state index contributed by atoms with van der Waals surface area (Å²) in [6, 6.07) is 9.88. The molecule has 0 amide bonds. The normalized spacial score (nSPS) is 11.6. The maximum Gasteiger partial charge on any atom is 0.309 e. The highest BCUT2D eigenvalue weighted by Crippen LogP contribution is 2.28. The first-order valence-corrected chi connectivity index (χ1v) is 7.18. The van der Waals surface area contributed by atoms with Gasteiger partial charge in [-0.3, -0.25) is 4.79 Å². The Morgan fingerprint density at radius 3 is 2.43 bits per heavy atom. The van der Waals surface area contributed by atoms with Crippen LogP contribution < -0.4 is 0 Å². The van der Waals surface area contributed by atoms with Gasteiger partial charge in [-0.15, -0.1) is 0 Å². The number of carboxylic acid groups (broad SMARTS) is 1. The highest BCUT2D eigenvalue weighted by molar-refractivity contribution is 6.30. The van der Waals surface area contributed by atoms with Crippen molar-refractivity contribution in [2.75, 3.05) is 0 Å². The van der Waals surface area contributed by atoms with Gasteiger partial charge in [0.15, 0.2) is 5.15 Å². The van der Waals surface area contributed by atoms with E-state index in [1.807, 2.05) is 55.7 Å². The van der Waals surface area contributed by atoms with Crippen LogP contribution in [0.5, 0.6) is 0 Å². The topological polar surface area (TPSA) is 55.1 Å². The second-order valence-corrected chi connectivity index (χ2v) is 6.42. The van der Waals surface area contributed by atoms with Crippen LogP contribution in [0.25, 0.3) is 0 Å². The second kappa shape index (κ2) is 5.90. The van der Waals surface area contributed by atoms with E-state index < -0.39 is 5.97 Å². The van der Waals surface area contributed by atoms with Gasteiger partial charge in [0, 0.05) is 12.0 Å². The third kappa shape index (κ3) is 3.64. The molecule has 0 atom stereocenters. The molecule has 0 unspecified atom stereocenters. The minimum Gasteiger partial charge on any atom is -0.481 e. The number of carbonyl (C=O) groups is 1. The molecule has 0 aliphatic carbocycles. The maximum atomic E-state index is 11.1. The van der Waals surface area contributed by atoms with Gasteiger partial charge in [0.25, 0.3) is 0 Å². The van der Waals surface area contributed by atoms with Crippen molar-refractivity contribution in [1.82, 2.24) is 9.55 Å². The van der Waals surface area contributed by atoms with Gasteiger partial charge >= 0.3 is 5.97 Å². The fraction of sp³-hybridized carbons (Fsp3) is 0.375. The molecule has 2 rings (SSSR count). The molecule has 0 saturated heterocycles. The van der Waals surface area contributed by atoms with Crippen LogP contribution in [0.4, 0.5) is 0 Å². The fourth-order valence-corrected chi connectivity index (χ4v) is 2.53. The largest absolute Gasteiger partial charge is 0.481 e. The quantitative estimate of drug-likeness (QED) is 0.940. The molecule has 1 aromatic heterocycles. The zero-order chi connectivity index (χ0) is 15.6. The predicted octanol–water partition coefficient (Wildman–Crippen LogP) is 3.51. The highest BCUT2D eigenvalue weighted by atomic mass is 35.5. The van der Waals surface area contributed by atoms with Crippen molar-refractivity contribution in [1.29, 1.82) is 0 Å². The maximum absolute atomic E-state index is 11.1. The van der Waals surface area contributed by atoms with Gasteiger partial charge in [0.1, 0.15) is 5.82 Å². The van der Waals surface area contributed by atoms with Crippen LogP contribution in [-0.4, -0.2) is 20.6 Å². The molecule has 1 aromatic carbocycles. The van der Waals surface area contributed by atoms with Crippen molar-refractivity contribution in [3.63, 3.8) is 0 Å². The standard InChI is InChI=1S/C16H19ClN2O2/c1-16(2,3)15-18-14(17)12(9-13(20)21)19(15)10-11-7-5-4-6-8-11/h4-8H,9-10H2,1-3H3,(H,20,21). The third-order valence-corrected chi connectivity index (χ3v) is 3.50. The van der Waals surface area contributed by atoms with Crippen LogP contribution >= 0.6 is 11.6 Å². The van der Waals surface area contributed by atoms with Crippen molar-refractivity contribution in [3.8, 4) is 0 Å². The van der Waals surface area contributed by atoms with Gasteiger partial charge in [-0.1, -0.05) is 62.7 Å². The summed E-state index contributed by atoms with van der Waals surface area (Å²) in [6.45, 7) is 6.68. The molecular weight excluding hydrogens is 288 g/mol. The van der Waals surface area contributed by atoms with E-state index in [9.17, 15) is 4.79 Å². The van der Waals surface area contributed by atoms with Crippen molar-refractivity contribution in [2.24, 2.45) is 0 Å². The van der Waals surface area contributed by atoms with Crippen molar-refractivity contribution >= 4 is 17.6 Å². The van der Waals surface area contributed by atoms with Crippen LogP contribution in [0.3, 0.4) is 0 Å². The summed E-state index contributed by atoms with van der Waals surface area (Å²) in [5, 5.41) is 9.37. The average Bonchev–Trinajstić information content (AvgIpc) is 2.68. The Bertz CT molecular complexity index is 642. The Labute approximate surface area is 129 Å². The van der Waals surface area contributed by atoms with Crippen molar-refractivity contribution in [3.05, 3.63) is 52.6 Å². The molecular formula is C16H19ClN2O2. The van der Waals surface area contributed by atoms with E-state index in [-0.39, 0.29) is 17.0 Å². The van der Waals surface area contributed by atoms with Gasteiger partial charge in [0.2, 0.25) is 0 Å². The van der Waals surface area contributed by atoms with Gasteiger partial charge < -0.3 is 9.67 Å². The number of benzene rings is 1. The van der Waals surface area contributed by atoms with Crippen molar-refractivity contribution < 1.29 is 9.90 Å². The van der Waals surface area contributed by atoms with E-state index in [2.05, 4.69) is 4.98 Å². The van der Waals surface area contributed by atoms with Crippen LogP contribution in [0, 0.1) is 0 Å². The molecule has 2 aromatic rings. The van der Waals surface area contributed by atoms with E-state index in [0.717, 1.165) is 11.4 Å². The lowest BCUT2D eigenvalue weighted by Crippen LogP contribution is -2.21. The number of hydrogen-bond acceptors (Lipinski definition) is 2. The van der Waals surface area contributed by atoms with Gasteiger partial charge in [0.05, 0.1) is 12.1 Å². The average molecular weight is 307 g/mol. The summed E-state index contributed by atoms with van der Waals surface area (Å²) in [6.07, 6.45) is -0.130. The van der Waals surface area contributed by atoms with Crippen molar-refractivity contribution in [2.45, 2.75) is 39.2 Å². The molecule has 0 aliphatic rings. The van der Waals surface area contributed by atoms with Gasteiger partial charge in [-0.2, -0.15) is 0 Å². The molecule has 4 nitrogen and oxygen atoms in total. The summed E-state index contributed by atoms with van der Waals surface area (Å²) < 4.78 is 1.92. The first kappa shape index (κ1) is 15.6. The Kier molecular flexibility index (Phi) is 4.37. The minimum atomic E-state index is -0.911. The van der Waals surface area contributed by atoms with Crippen LogP contribution in [-0.2, 0) is 23.2 Å². The zero-order valence-electron chi connectivity index (χ0n) is 12.4. The van der Waals surface area contributed by atoms with Crippen LogP contribution in [0.2, 0.25) is 5.15 Å². The first-order chi connectivity index (χ1) is 9.79. The Balaban J connectivity index is 2.51. The lowest BCUT2D eigenvalue weighted by Gasteiger charge is -2.21. The molecule has 0 fully saturated rings. The SMILES string of the molecule is CC(C)(C)c1nc(Cl)c(CC(=O)O)n1Cc1ccccc1. The van der Waals surface area contributed by atoms with Gasteiger partial charge in [-0.05, 0) is 5.56 Å². The number of halogens is 1. The third-order valence-electron chi connectivity index (χ3n) is 3.20. The summed E-state index contributed by atoms with van der Waals surface area (Å²) in [5.74, 6) is -0.112. The Morgan fingerprint density at radius 1 is 1.29 bits per heavy atom. The minimum absolute atomic E-state index is 0.130. The van der Waals surface area contributed by atoms with Gasteiger partial charge in [-0.25, -0.2) is 4.98 Å². The molecule has 0 spiro atoms. The lowest BCUT2D eigenvalue weighted by atomic mass is 9.95. The highest BCUT2D eigenvalue weighted by Gasteiger charge is 2.26. The first-order valence-electron chi connectivity index (χ1n) is 6.80. The summed E-state index contributed by atoms with van der Waals surface area (Å²) in [7, 11) is 0. The van der Waals surface area contributed by atoms with E-state index in [1.165, 1.54) is 0 Å². The van der Waals surface area contributed by atoms with Crippen LogP contribution in [0.15, 0.2) is 30.3 Å². The molecule has 1 heterocycles. The number of aromatic nitrogens is 2. The monoisotopic (exact) mass is 306 g/mol. The second-order valence-electron chi connectivity index (χ2n) is 6.07. The zero-order valence-corrected chi connectivity index (χ0v) is 13.2. The van der Waals surface area contributed by atoms with E-state index >= 15 is 0 Å². The summed E-state index contributed by atoms with van der Waals surface area (Å²) >= 11 is 6.17. The van der Waals surface area contributed by atoms with E-state index in [0.29, 0.717) is 12.2 Å². The fourth-order valence-electron chi connectivity index (χ4n) is 2.28. The lowest BCUT2D eigenvalue weighted by molar-refractivity contribution is -0.136. The summed E-state index contributed by atoms with van der Waals surface area (Å²) in [5.41, 5.74) is 1.43. The molecule has 0 radical (unpaired) electrons. The number of nitrogens with zero attached hydrogens (tertiary/aromatic N) is 2.